The second-order valence-corrected chi connectivity index (χ2v) is 3.35. The van der Waals surface area contributed by atoms with Crippen LogP contribution >= 0.6 is 0 Å². The lowest BCUT2D eigenvalue weighted by Crippen LogP contribution is -1.99. The van der Waals surface area contributed by atoms with Crippen LogP contribution in [0.4, 0.5) is 5.95 Å². The molecule has 1 aromatic heterocycles. The van der Waals surface area contributed by atoms with E-state index >= 15 is 0 Å². The van der Waals surface area contributed by atoms with E-state index in [1.165, 1.54) is 7.11 Å². The molecule has 2 N–H and O–H groups in total. The lowest BCUT2D eigenvalue weighted by Gasteiger charge is -2.05. The summed E-state index contributed by atoms with van der Waals surface area (Å²) in [5, 5.41) is 8.83. The van der Waals surface area contributed by atoms with Crippen LogP contribution in [0.25, 0.3) is 11.3 Å². The predicted octanol–water partition coefficient (Wildman–Crippen LogP) is 1.61. The third kappa shape index (κ3) is 2.32. The van der Waals surface area contributed by atoms with Crippen molar-refractivity contribution in [1.29, 1.82) is 5.26 Å². The van der Waals surface area contributed by atoms with Crippen molar-refractivity contribution in [3.8, 4) is 23.2 Å². The Labute approximate surface area is 98.5 Å². The Kier molecular flexibility index (Phi) is 2.88. The van der Waals surface area contributed by atoms with Gasteiger partial charge in [-0.05, 0) is 12.1 Å². The second-order valence-electron chi connectivity index (χ2n) is 3.35. The van der Waals surface area contributed by atoms with E-state index < -0.39 is 0 Å². The zero-order valence-electron chi connectivity index (χ0n) is 9.21. The third-order valence-corrected chi connectivity index (χ3v) is 2.22. The van der Waals surface area contributed by atoms with Crippen LogP contribution in [0.3, 0.4) is 0 Å². The summed E-state index contributed by atoms with van der Waals surface area (Å²) in [6.45, 7) is 0. The SMILES string of the molecule is COc1cc(-c2cccc(C#N)c2)nc(N)n1. The summed E-state index contributed by atoms with van der Waals surface area (Å²) in [7, 11) is 1.51. The van der Waals surface area contributed by atoms with Gasteiger partial charge in [0, 0.05) is 11.6 Å². The van der Waals surface area contributed by atoms with Gasteiger partial charge in [-0.1, -0.05) is 12.1 Å². The number of anilines is 1. The fraction of sp³-hybridized carbons (Fsp3) is 0.0833. The first-order chi connectivity index (χ1) is 8.22. The van der Waals surface area contributed by atoms with Gasteiger partial charge >= 0.3 is 0 Å². The molecule has 0 aliphatic rings. The molecule has 1 heterocycles. The highest BCUT2D eigenvalue weighted by molar-refractivity contribution is 5.63. The number of nitrogen functional groups attached to an aromatic ring is 1. The van der Waals surface area contributed by atoms with Gasteiger partial charge in [0.05, 0.1) is 24.4 Å². The maximum absolute atomic E-state index is 8.83. The first-order valence-electron chi connectivity index (χ1n) is 4.92. The zero-order valence-corrected chi connectivity index (χ0v) is 9.21. The van der Waals surface area contributed by atoms with E-state index in [1.807, 2.05) is 6.07 Å². The number of benzene rings is 1. The van der Waals surface area contributed by atoms with Crippen LogP contribution in [0.5, 0.6) is 5.88 Å². The Bertz CT molecular complexity index is 589. The molecule has 0 saturated heterocycles. The Morgan fingerprint density at radius 1 is 1.29 bits per heavy atom. The smallest absolute Gasteiger partial charge is 0.223 e. The van der Waals surface area contributed by atoms with Gasteiger partial charge in [-0.3, -0.25) is 0 Å². The summed E-state index contributed by atoms with van der Waals surface area (Å²) in [6.07, 6.45) is 0. The minimum atomic E-state index is 0.140. The number of ether oxygens (including phenoxy) is 1. The normalized spacial score (nSPS) is 9.65. The molecule has 0 amide bonds. The van der Waals surface area contributed by atoms with Gasteiger partial charge in [0.25, 0.3) is 0 Å². The van der Waals surface area contributed by atoms with Crippen LogP contribution in [0.2, 0.25) is 0 Å². The minimum absolute atomic E-state index is 0.140. The molecule has 5 nitrogen and oxygen atoms in total. The standard InChI is InChI=1S/C12H10N4O/c1-17-11-6-10(15-12(14)16-11)9-4-2-3-8(5-9)7-13/h2-6H,1H3,(H2,14,15,16). The summed E-state index contributed by atoms with van der Waals surface area (Å²) >= 11 is 0. The maximum atomic E-state index is 8.83. The molecule has 0 unspecified atom stereocenters. The molecule has 2 rings (SSSR count). The second kappa shape index (κ2) is 4.49. The van der Waals surface area contributed by atoms with Crippen LogP contribution in [0, 0.1) is 11.3 Å². The Morgan fingerprint density at radius 2 is 2.12 bits per heavy atom. The Balaban J connectivity index is 2.52. The van der Waals surface area contributed by atoms with Gasteiger partial charge in [0.15, 0.2) is 0 Å². The molecule has 0 spiro atoms. The van der Waals surface area contributed by atoms with E-state index in [2.05, 4.69) is 16.0 Å². The van der Waals surface area contributed by atoms with E-state index in [0.29, 0.717) is 17.1 Å². The lowest BCUT2D eigenvalue weighted by molar-refractivity contribution is 0.398. The van der Waals surface area contributed by atoms with E-state index in [4.69, 9.17) is 15.7 Å². The Hall–Kier alpha value is -2.61. The largest absolute Gasteiger partial charge is 0.481 e. The van der Waals surface area contributed by atoms with Crippen molar-refractivity contribution >= 4 is 5.95 Å². The molecule has 0 fully saturated rings. The average Bonchev–Trinajstić information content (AvgIpc) is 2.38. The number of hydrogen-bond acceptors (Lipinski definition) is 5. The van der Waals surface area contributed by atoms with Gasteiger partial charge in [-0.25, -0.2) is 4.98 Å². The molecule has 84 valence electrons. The lowest BCUT2D eigenvalue weighted by atomic mass is 10.1. The molecule has 0 atom stereocenters. The van der Waals surface area contributed by atoms with E-state index in [1.54, 1.807) is 24.3 Å². The maximum Gasteiger partial charge on any atom is 0.223 e. The Morgan fingerprint density at radius 3 is 2.82 bits per heavy atom. The fourth-order valence-corrected chi connectivity index (χ4v) is 1.44. The van der Waals surface area contributed by atoms with Gasteiger partial charge in [-0.2, -0.15) is 10.2 Å². The van der Waals surface area contributed by atoms with Gasteiger partial charge < -0.3 is 10.5 Å². The molecule has 0 aliphatic heterocycles. The van der Waals surface area contributed by atoms with Crippen molar-refractivity contribution in [3.05, 3.63) is 35.9 Å². The molecule has 0 radical (unpaired) electrons. The van der Waals surface area contributed by atoms with Crippen molar-refractivity contribution in [1.82, 2.24) is 9.97 Å². The molecule has 17 heavy (non-hydrogen) atoms. The molecule has 0 bridgehead atoms. The first-order valence-corrected chi connectivity index (χ1v) is 4.92. The van der Waals surface area contributed by atoms with Crippen molar-refractivity contribution < 1.29 is 4.74 Å². The first kappa shape index (κ1) is 10.9. The van der Waals surface area contributed by atoms with Crippen LogP contribution < -0.4 is 10.5 Å². The summed E-state index contributed by atoms with van der Waals surface area (Å²) in [4.78, 5) is 8.00. The molecular formula is C12H10N4O. The highest BCUT2D eigenvalue weighted by Gasteiger charge is 2.05. The van der Waals surface area contributed by atoms with Gasteiger partial charge in [0.2, 0.25) is 11.8 Å². The van der Waals surface area contributed by atoms with Crippen molar-refractivity contribution in [3.63, 3.8) is 0 Å². The number of nitrogens with zero attached hydrogens (tertiary/aromatic N) is 3. The highest BCUT2D eigenvalue weighted by Crippen LogP contribution is 2.22. The summed E-state index contributed by atoms with van der Waals surface area (Å²) < 4.78 is 5.02. The van der Waals surface area contributed by atoms with E-state index in [0.717, 1.165) is 5.56 Å². The van der Waals surface area contributed by atoms with Crippen LogP contribution in [-0.2, 0) is 0 Å². The number of nitriles is 1. The van der Waals surface area contributed by atoms with Crippen molar-refractivity contribution in [2.75, 3.05) is 12.8 Å². The zero-order chi connectivity index (χ0) is 12.3. The quantitative estimate of drug-likeness (QED) is 0.840. The topological polar surface area (TPSA) is 84.8 Å². The molecule has 0 saturated carbocycles. The van der Waals surface area contributed by atoms with Crippen LogP contribution in [-0.4, -0.2) is 17.1 Å². The van der Waals surface area contributed by atoms with E-state index in [-0.39, 0.29) is 5.95 Å². The predicted molar refractivity (Wildman–Crippen MR) is 63.1 cm³/mol. The summed E-state index contributed by atoms with van der Waals surface area (Å²) in [5.41, 5.74) is 7.58. The summed E-state index contributed by atoms with van der Waals surface area (Å²) in [5.74, 6) is 0.538. The summed E-state index contributed by atoms with van der Waals surface area (Å²) in [6, 6.07) is 10.9. The molecule has 2 aromatic rings. The molecule has 1 aromatic carbocycles. The third-order valence-electron chi connectivity index (χ3n) is 2.22. The van der Waals surface area contributed by atoms with Gasteiger partial charge in [0.1, 0.15) is 0 Å². The van der Waals surface area contributed by atoms with Crippen molar-refractivity contribution in [2.45, 2.75) is 0 Å². The number of methoxy groups -OCH3 is 1. The number of rotatable bonds is 2. The molecule has 0 aliphatic carbocycles. The number of nitrogens with two attached hydrogens (primary N) is 1. The fourth-order valence-electron chi connectivity index (χ4n) is 1.44. The van der Waals surface area contributed by atoms with Crippen molar-refractivity contribution in [2.24, 2.45) is 0 Å². The van der Waals surface area contributed by atoms with Crippen LogP contribution in [0.15, 0.2) is 30.3 Å². The van der Waals surface area contributed by atoms with Gasteiger partial charge in [-0.15, -0.1) is 0 Å². The number of aromatic nitrogens is 2. The minimum Gasteiger partial charge on any atom is -0.481 e. The highest BCUT2D eigenvalue weighted by atomic mass is 16.5. The molecular weight excluding hydrogens is 216 g/mol. The number of hydrogen-bond donors (Lipinski definition) is 1. The monoisotopic (exact) mass is 226 g/mol. The van der Waals surface area contributed by atoms with E-state index in [9.17, 15) is 0 Å². The molecule has 5 heteroatoms. The van der Waals surface area contributed by atoms with Crippen LogP contribution in [0.1, 0.15) is 5.56 Å². The average molecular weight is 226 g/mol.